The molecule has 6 heteroatoms. The third kappa shape index (κ3) is 3.57. The van der Waals surface area contributed by atoms with Gasteiger partial charge in [-0.25, -0.2) is 0 Å². The van der Waals surface area contributed by atoms with Crippen LogP contribution in [0.3, 0.4) is 0 Å². The van der Waals surface area contributed by atoms with Crippen LogP contribution in [0.4, 0.5) is 11.4 Å². The number of rotatable bonds is 5. The molecular formula is C11H15ClN2O3. The molecule has 0 aromatic heterocycles. The van der Waals surface area contributed by atoms with Crippen molar-refractivity contribution in [2.75, 3.05) is 12.4 Å². The summed E-state index contributed by atoms with van der Waals surface area (Å²) in [7, 11) is 1.61. The first kappa shape index (κ1) is 13.7. The lowest BCUT2D eigenvalue weighted by Crippen LogP contribution is -2.29. The SMILES string of the molecule is COC(C)C(C)Nc1cc([N+](=O)[O-])ccc1Cl. The topological polar surface area (TPSA) is 64.4 Å². The normalized spacial score (nSPS) is 14.1. The fourth-order valence-corrected chi connectivity index (χ4v) is 1.48. The van der Waals surface area contributed by atoms with E-state index in [9.17, 15) is 10.1 Å². The second kappa shape index (κ2) is 5.84. The zero-order valence-electron chi connectivity index (χ0n) is 9.94. The zero-order chi connectivity index (χ0) is 13.0. The van der Waals surface area contributed by atoms with Crippen LogP contribution in [0.5, 0.6) is 0 Å². The summed E-state index contributed by atoms with van der Waals surface area (Å²) in [6.45, 7) is 3.83. The van der Waals surface area contributed by atoms with Crippen LogP contribution in [-0.4, -0.2) is 24.2 Å². The van der Waals surface area contributed by atoms with Gasteiger partial charge in [-0.3, -0.25) is 10.1 Å². The number of benzene rings is 1. The highest BCUT2D eigenvalue weighted by Gasteiger charge is 2.15. The van der Waals surface area contributed by atoms with Gasteiger partial charge in [-0.15, -0.1) is 0 Å². The van der Waals surface area contributed by atoms with Gasteiger partial charge >= 0.3 is 0 Å². The van der Waals surface area contributed by atoms with E-state index in [4.69, 9.17) is 16.3 Å². The Morgan fingerprint density at radius 3 is 2.65 bits per heavy atom. The van der Waals surface area contributed by atoms with E-state index in [-0.39, 0.29) is 17.8 Å². The molecule has 0 saturated carbocycles. The highest BCUT2D eigenvalue weighted by atomic mass is 35.5. The second-order valence-corrected chi connectivity index (χ2v) is 4.20. The van der Waals surface area contributed by atoms with Crippen LogP contribution in [0.2, 0.25) is 5.02 Å². The molecule has 0 bridgehead atoms. The summed E-state index contributed by atoms with van der Waals surface area (Å²) in [5.41, 5.74) is 0.548. The molecule has 5 nitrogen and oxygen atoms in total. The summed E-state index contributed by atoms with van der Waals surface area (Å²) < 4.78 is 5.16. The van der Waals surface area contributed by atoms with Crippen LogP contribution >= 0.6 is 11.6 Å². The van der Waals surface area contributed by atoms with Gasteiger partial charge in [-0.05, 0) is 19.9 Å². The molecule has 0 amide bonds. The standard InChI is InChI=1S/C11H15ClN2O3/c1-7(8(2)17-3)13-11-6-9(14(15)16)4-5-10(11)12/h4-8,13H,1-3H3. The van der Waals surface area contributed by atoms with Gasteiger partial charge in [0.2, 0.25) is 0 Å². The van der Waals surface area contributed by atoms with Gasteiger partial charge in [-0.2, -0.15) is 0 Å². The van der Waals surface area contributed by atoms with Gasteiger partial charge in [0.1, 0.15) is 0 Å². The van der Waals surface area contributed by atoms with E-state index in [0.717, 1.165) is 0 Å². The molecule has 0 aliphatic heterocycles. The highest BCUT2D eigenvalue weighted by Crippen LogP contribution is 2.27. The maximum atomic E-state index is 10.7. The first-order valence-electron chi connectivity index (χ1n) is 5.19. The monoisotopic (exact) mass is 258 g/mol. The second-order valence-electron chi connectivity index (χ2n) is 3.80. The van der Waals surface area contributed by atoms with Crippen molar-refractivity contribution >= 4 is 23.0 Å². The molecule has 94 valence electrons. The van der Waals surface area contributed by atoms with Crippen LogP contribution in [0, 0.1) is 10.1 Å². The summed E-state index contributed by atoms with van der Waals surface area (Å²) >= 11 is 5.97. The Morgan fingerprint density at radius 1 is 1.47 bits per heavy atom. The van der Waals surface area contributed by atoms with Gasteiger partial charge in [0.05, 0.1) is 21.7 Å². The minimum absolute atomic E-state index is 0.000459. The summed E-state index contributed by atoms with van der Waals surface area (Å²) in [6, 6.07) is 4.30. The predicted molar refractivity (Wildman–Crippen MR) is 67.7 cm³/mol. The fourth-order valence-electron chi connectivity index (χ4n) is 1.30. The number of halogens is 1. The maximum absolute atomic E-state index is 10.7. The minimum Gasteiger partial charge on any atom is -0.380 e. The average Bonchev–Trinajstić information content (AvgIpc) is 2.30. The maximum Gasteiger partial charge on any atom is 0.271 e. The molecule has 2 unspecified atom stereocenters. The lowest BCUT2D eigenvalue weighted by molar-refractivity contribution is -0.384. The van der Waals surface area contributed by atoms with E-state index < -0.39 is 4.92 Å². The van der Waals surface area contributed by atoms with E-state index in [1.54, 1.807) is 7.11 Å². The van der Waals surface area contributed by atoms with E-state index >= 15 is 0 Å². The number of anilines is 1. The molecule has 0 saturated heterocycles. The van der Waals surface area contributed by atoms with Crippen molar-refractivity contribution in [2.24, 2.45) is 0 Å². The van der Waals surface area contributed by atoms with E-state index in [1.807, 2.05) is 13.8 Å². The largest absolute Gasteiger partial charge is 0.380 e. The van der Waals surface area contributed by atoms with E-state index in [2.05, 4.69) is 5.32 Å². The van der Waals surface area contributed by atoms with E-state index in [1.165, 1.54) is 18.2 Å². The van der Waals surface area contributed by atoms with Crippen molar-refractivity contribution in [3.63, 3.8) is 0 Å². The third-order valence-electron chi connectivity index (χ3n) is 2.62. The number of ether oxygens (including phenoxy) is 1. The average molecular weight is 259 g/mol. The van der Waals surface area contributed by atoms with Gasteiger partial charge in [-0.1, -0.05) is 11.6 Å². The van der Waals surface area contributed by atoms with Crippen molar-refractivity contribution < 1.29 is 9.66 Å². The molecule has 0 heterocycles. The molecule has 0 aliphatic carbocycles. The molecule has 17 heavy (non-hydrogen) atoms. The van der Waals surface area contributed by atoms with Crippen molar-refractivity contribution in [1.82, 2.24) is 0 Å². The number of nitrogens with zero attached hydrogens (tertiary/aromatic N) is 1. The highest BCUT2D eigenvalue weighted by molar-refractivity contribution is 6.33. The first-order chi connectivity index (χ1) is 7.95. The van der Waals surface area contributed by atoms with Crippen LogP contribution in [0.25, 0.3) is 0 Å². The number of nitro benzene ring substituents is 1. The smallest absolute Gasteiger partial charge is 0.271 e. The Balaban J connectivity index is 2.89. The van der Waals surface area contributed by atoms with Crippen LogP contribution in [0.1, 0.15) is 13.8 Å². The van der Waals surface area contributed by atoms with Gasteiger partial charge in [0.15, 0.2) is 0 Å². The molecule has 2 atom stereocenters. The number of nitro groups is 1. The molecule has 0 fully saturated rings. The molecule has 1 rings (SSSR count). The Hall–Kier alpha value is -1.33. The Morgan fingerprint density at radius 2 is 2.12 bits per heavy atom. The predicted octanol–water partition coefficient (Wildman–Crippen LogP) is 3.08. The zero-order valence-corrected chi connectivity index (χ0v) is 10.7. The van der Waals surface area contributed by atoms with Crippen molar-refractivity contribution in [3.8, 4) is 0 Å². The van der Waals surface area contributed by atoms with Crippen LogP contribution in [0.15, 0.2) is 18.2 Å². The Kier molecular flexibility index (Phi) is 4.72. The quantitative estimate of drug-likeness (QED) is 0.651. The van der Waals surface area contributed by atoms with E-state index in [0.29, 0.717) is 10.7 Å². The van der Waals surface area contributed by atoms with Crippen molar-refractivity contribution in [1.29, 1.82) is 0 Å². The van der Waals surface area contributed by atoms with Gasteiger partial charge in [0.25, 0.3) is 5.69 Å². The van der Waals surface area contributed by atoms with Gasteiger partial charge in [0, 0.05) is 25.3 Å². The number of hydrogen-bond acceptors (Lipinski definition) is 4. The number of hydrogen-bond donors (Lipinski definition) is 1. The summed E-state index contributed by atoms with van der Waals surface area (Å²) in [6.07, 6.45) is -0.0228. The Bertz CT molecular complexity index is 412. The van der Waals surface area contributed by atoms with Crippen LogP contribution < -0.4 is 5.32 Å². The third-order valence-corrected chi connectivity index (χ3v) is 2.95. The molecule has 1 aromatic rings. The summed E-state index contributed by atoms with van der Waals surface area (Å²) in [5.74, 6) is 0. The minimum atomic E-state index is -0.452. The fraction of sp³-hybridized carbons (Fsp3) is 0.455. The summed E-state index contributed by atoms with van der Waals surface area (Å²) in [4.78, 5) is 10.2. The molecule has 1 N–H and O–H groups in total. The number of nitrogens with one attached hydrogen (secondary N) is 1. The Labute approximate surface area is 105 Å². The van der Waals surface area contributed by atoms with Crippen molar-refractivity contribution in [2.45, 2.75) is 26.0 Å². The van der Waals surface area contributed by atoms with Crippen LogP contribution in [-0.2, 0) is 4.74 Å². The molecular weight excluding hydrogens is 244 g/mol. The lowest BCUT2D eigenvalue weighted by atomic mass is 10.2. The summed E-state index contributed by atoms with van der Waals surface area (Å²) in [5, 5.41) is 14.2. The molecule has 0 spiro atoms. The molecule has 1 aromatic carbocycles. The molecule has 0 aliphatic rings. The number of methoxy groups -OCH3 is 1. The number of non-ortho nitro benzene ring substituents is 1. The lowest BCUT2D eigenvalue weighted by Gasteiger charge is -2.21. The first-order valence-corrected chi connectivity index (χ1v) is 5.56. The van der Waals surface area contributed by atoms with Gasteiger partial charge < -0.3 is 10.1 Å². The molecule has 0 radical (unpaired) electrons. The van der Waals surface area contributed by atoms with Crippen molar-refractivity contribution in [3.05, 3.63) is 33.3 Å².